The van der Waals surface area contributed by atoms with Gasteiger partial charge in [-0.3, -0.25) is 14.6 Å². The van der Waals surface area contributed by atoms with Crippen LogP contribution in [0.5, 0.6) is 0 Å². The Hall–Kier alpha value is -2.35. The zero-order valence-electron chi connectivity index (χ0n) is 13.7. The van der Waals surface area contributed by atoms with Crippen LogP contribution < -0.4 is 4.90 Å². The molecule has 23 heavy (non-hydrogen) atoms. The van der Waals surface area contributed by atoms with Crippen LogP contribution in [0.15, 0.2) is 18.5 Å². The minimum atomic E-state index is -0.595. The largest absolute Gasteiger partial charge is 0.367 e. The number of nitrogens with one attached hydrogen (secondary N) is 1. The second-order valence-electron chi connectivity index (χ2n) is 5.78. The highest BCUT2D eigenvalue weighted by molar-refractivity contribution is 5.82. The van der Waals surface area contributed by atoms with Crippen LogP contribution in [-0.4, -0.2) is 64.1 Å². The maximum Gasteiger partial charge on any atom is 0.256 e. The van der Waals surface area contributed by atoms with Crippen LogP contribution in [0.2, 0.25) is 0 Å². The number of carbonyl (C=O) groups excluding carboxylic acids is 1. The highest BCUT2D eigenvalue weighted by Crippen LogP contribution is 2.21. The fourth-order valence-corrected chi connectivity index (χ4v) is 2.84. The molecular formula is C15H22N6O2. The molecule has 8 heteroatoms. The van der Waals surface area contributed by atoms with Gasteiger partial charge in [0.1, 0.15) is 0 Å². The molecule has 0 saturated carbocycles. The molecule has 1 aliphatic heterocycles. The number of carbonyl (C=O) groups is 1. The van der Waals surface area contributed by atoms with Crippen LogP contribution in [-0.2, 0) is 16.6 Å². The van der Waals surface area contributed by atoms with Crippen LogP contribution >= 0.6 is 0 Å². The van der Waals surface area contributed by atoms with Gasteiger partial charge in [0.2, 0.25) is 0 Å². The molecule has 1 amide bonds. The lowest BCUT2D eigenvalue weighted by Gasteiger charge is -2.36. The third kappa shape index (κ3) is 3.21. The summed E-state index contributed by atoms with van der Waals surface area (Å²) in [4.78, 5) is 16.7. The molecule has 1 N–H and O–H groups in total. The number of aryl methyl sites for hydroxylation is 2. The number of nitrogens with zero attached hydrogens (tertiary/aromatic N) is 5. The average molecular weight is 318 g/mol. The van der Waals surface area contributed by atoms with E-state index in [2.05, 4.69) is 20.2 Å². The van der Waals surface area contributed by atoms with Crippen molar-refractivity contribution in [2.75, 3.05) is 38.2 Å². The third-order valence-corrected chi connectivity index (χ3v) is 4.10. The summed E-state index contributed by atoms with van der Waals surface area (Å²) >= 11 is 0. The van der Waals surface area contributed by atoms with Gasteiger partial charge in [0.15, 0.2) is 11.9 Å². The predicted molar refractivity (Wildman–Crippen MR) is 85.1 cm³/mol. The fourth-order valence-electron chi connectivity index (χ4n) is 2.84. The number of amides is 1. The van der Waals surface area contributed by atoms with Crippen LogP contribution in [0.1, 0.15) is 17.4 Å². The first kappa shape index (κ1) is 15.5. The zero-order valence-corrected chi connectivity index (χ0v) is 13.7. The van der Waals surface area contributed by atoms with E-state index in [1.165, 1.54) is 0 Å². The molecule has 1 unspecified atom stereocenters. The molecule has 1 saturated heterocycles. The van der Waals surface area contributed by atoms with Gasteiger partial charge >= 0.3 is 0 Å². The van der Waals surface area contributed by atoms with Gasteiger partial charge in [0, 0.05) is 63.9 Å². The smallest absolute Gasteiger partial charge is 0.256 e. The van der Waals surface area contributed by atoms with E-state index < -0.39 is 6.10 Å². The van der Waals surface area contributed by atoms with Crippen molar-refractivity contribution in [2.45, 2.75) is 13.0 Å². The summed E-state index contributed by atoms with van der Waals surface area (Å²) in [5.74, 6) is 0.920. The summed E-state index contributed by atoms with van der Waals surface area (Å²) < 4.78 is 7.08. The molecule has 1 aliphatic rings. The first-order chi connectivity index (χ1) is 11.1. The molecule has 8 nitrogen and oxygen atoms in total. The summed E-state index contributed by atoms with van der Waals surface area (Å²) in [6, 6.07) is 2.02. The molecule has 124 valence electrons. The molecule has 3 rings (SSSR count). The van der Waals surface area contributed by atoms with Crippen molar-refractivity contribution in [1.82, 2.24) is 24.9 Å². The number of aromatic amines is 1. The summed E-state index contributed by atoms with van der Waals surface area (Å²) in [6.45, 7) is 4.82. The van der Waals surface area contributed by atoms with E-state index in [9.17, 15) is 4.79 Å². The Morgan fingerprint density at radius 2 is 2.09 bits per heavy atom. The summed E-state index contributed by atoms with van der Waals surface area (Å²) in [7, 11) is 3.38. The number of ether oxygens (including phenoxy) is 1. The normalized spacial score (nSPS) is 16.7. The molecular weight excluding hydrogens is 296 g/mol. The Labute approximate surface area is 135 Å². The molecule has 0 aromatic carbocycles. The van der Waals surface area contributed by atoms with E-state index in [0.717, 1.165) is 30.2 Å². The Morgan fingerprint density at radius 3 is 2.61 bits per heavy atom. The highest BCUT2D eigenvalue weighted by atomic mass is 16.5. The van der Waals surface area contributed by atoms with Crippen molar-refractivity contribution >= 4 is 11.7 Å². The number of piperazine rings is 1. The van der Waals surface area contributed by atoms with Crippen LogP contribution in [0.25, 0.3) is 0 Å². The van der Waals surface area contributed by atoms with Gasteiger partial charge in [0.25, 0.3) is 5.91 Å². The van der Waals surface area contributed by atoms with Crippen molar-refractivity contribution in [3.05, 3.63) is 29.7 Å². The van der Waals surface area contributed by atoms with Crippen molar-refractivity contribution in [3.63, 3.8) is 0 Å². The number of H-pyrrole nitrogens is 1. The van der Waals surface area contributed by atoms with Gasteiger partial charge < -0.3 is 14.5 Å². The number of anilines is 1. The molecule has 0 aliphatic carbocycles. The zero-order chi connectivity index (χ0) is 16.4. The first-order valence-electron chi connectivity index (χ1n) is 7.65. The number of rotatable bonds is 4. The van der Waals surface area contributed by atoms with Crippen molar-refractivity contribution < 1.29 is 9.53 Å². The van der Waals surface area contributed by atoms with E-state index in [4.69, 9.17) is 4.74 Å². The average Bonchev–Trinajstić information content (AvgIpc) is 3.17. The summed E-state index contributed by atoms with van der Waals surface area (Å²) in [5, 5.41) is 11.3. The van der Waals surface area contributed by atoms with Gasteiger partial charge in [-0.25, -0.2) is 0 Å². The van der Waals surface area contributed by atoms with Gasteiger partial charge in [0.05, 0.1) is 6.20 Å². The van der Waals surface area contributed by atoms with Crippen LogP contribution in [0, 0.1) is 6.92 Å². The molecule has 0 radical (unpaired) electrons. The number of methoxy groups -OCH3 is 1. The van der Waals surface area contributed by atoms with Gasteiger partial charge in [-0.15, -0.1) is 0 Å². The molecule has 0 bridgehead atoms. The van der Waals surface area contributed by atoms with E-state index >= 15 is 0 Å². The van der Waals surface area contributed by atoms with Crippen molar-refractivity contribution in [2.24, 2.45) is 7.05 Å². The monoisotopic (exact) mass is 318 g/mol. The molecule has 1 fully saturated rings. The fraction of sp³-hybridized carbons (Fsp3) is 0.533. The molecule has 2 aromatic rings. The van der Waals surface area contributed by atoms with E-state index in [1.807, 2.05) is 31.1 Å². The Bertz CT molecular complexity index is 671. The number of hydrogen-bond acceptors (Lipinski definition) is 5. The van der Waals surface area contributed by atoms with Gasteiger partial charge in [-0.2, -0.15) is 10.2 Å². The quantitative estimate of drug-likeness (QED) is 0.887. The minimum Gasteiger partial charge on any atom is -0.367 e. The maximum absolute atomic E-state index is 12.7. The predicted octanol–water partition coefficient (Wildman–Crippen LogP) is 0.488. The second kappa shape index (κ2) is 6.41. The summed E-state index contributed by atoms with van der Waals surface area (Å²) in [5.41, 5.74) is 1.82. The lowest BCUT2D eigenvalue weighted by atomic mass is 10.1. The lowest BCUT2D eigenvalue weighted by molar-refractivity contribution is -0.142. The Kier molecular flexibility index (Phi) is 4.33. The second-order valence-corrected chi connectivity index (χ2v) is 5.78. The number of aromatic nitrogens is 4. The SMILES string of the molecule is COC(C(=O)N1CCN(c2cc(C)[nH]n2)CC1)c1cnn(C)c1. The lowest BCUT2D eigenvalue weighted by Crippen LogP contribution is -2.50. The molecule has 2 aromatic heterocycles. The molecule has 1 atom stereocenters. The maximum atomic E-state index is 12.7. The topological polar surface area (TPSA) is 79.3 Å². The van der Waals surface area contributed by atoms with Crippen LogP contribution in [0.4, 0.5) is 5.82 Å². The minimum absolute atomic E-state index is 0.0154. The van der Waals surface area contributed by atoms with E-state index in [-0.39, 0.29) is 5.91 Å². The molecule has 3 heterocycles. The van der Waals surface area contributed by atoms with Crippen molar-refractivity contribution in [3.8, 4) is 0 Å². The van der Waals surface area contributed by atoms with Crippen LogP contribution in [0.3, 0.4) is 0 Å². The summed E-state index contributed by atoms with van der Waals surface area (Å²) in [6.07, 6.45) is 2.90. The molecule has 0 spiro atoms. The van der Waals surface area contributed by atoms with Gasteiger partial charge in [-0.1, -0.05) is 0 Å². The standard InChI is InChI=1S/C15H22N6O2/c1-11-8-13(18-17-11)20-4-6-21(7-5-20)15(22)14(23-3)12-9-16-19(2)10-12/h8-10,14H,4-7H2,1-3H3,(H,17,18). The Morgan fingerprint density at radius 1 is 1.35 bits per heavy atom. The third-order valence-electron chi connectivity index (χ3n) is 4.10. The first-order valence-corrected chi connectivity index (χ1v) is 7.65. The van der Waals surface area contributed by atoms with Crippen molar-refractivity contribution in [1.29, 1.82) is 0 Å². The highest BCUT2D eigenvalue weighted by Gasteiger charge is 2.29. The van der Waals surface area contributed by atoms with Gasteiger partial charge in [-0.05, 0) is 6.92 Å². The van der Waals surface area contributed by atoms with E-state index in [0.29, 0.717) is 13.1 Å². The number of hydrogen-bond donors (Lipinski definition) is 1. The Balaban J connectivity index is 1.63. The van der Waals surface area contributed by atoms with E-state index in [1.54, 1.807) is 18.0 Å².